The van der Waals surface area contributed by atoms with Crippen LogP contribution in [-0.4, -0.2) is 33.6 Å². The van der Waals surface area contributed by atoms with E-state index in [1.54, 1.807) is 13.1 Å². The second kappa shape index (κ2) is 6.29. The van der Waals surface area contributed by atoms with Crippen LogP contribution in [0.4, 0.5) is 11.4 Å². The van der Waals surface area contributed by atoms with Crippen molar-refractivity contribution in [3.8, 4) is 6.07 Å². The van der Waals surface area contributed by atoms with Gasteiger partial charge in [-0.2, -0.15) is 10.5 Å². The number of hydrogen-bond acceptors (Lipinski definition) is 6. The van der Waals surface area contributed by atoms with Crippen molar-refractivity contribution >= 4 is 22.9 Å². The fourth-order valence-corrected chi connectivity index (χ4v) is 1.56. The first kappa shape index (κ1) is 14.2. The molecule has 0 unspecified atom stereocenters. The maximum Gasteiger partial charge on any atom is 0.223 e. The summed E-state index contributed by atoms with van der Waals surface area (Å²) in [6, 6.07) is 9.22. The maximum absolute atomic E-state index is 11.3. The molecule has 106 valence electrons. The lowest BCUT2D eigenvalue weighted by molar-refractivity contribution is -0.116. The molecular formula is C13H13N7O. The van der Waals surface area contributed by atoms with Gasteiger partial charge in [0.2, 0.25) is 11.7 Å². The van der Waals surface area contributed by atoms with Gasteiger partial charge in [0.05, 0.1) is 0 Å². The van der Waals surface area contributed by atoms with Gasteiger partial charge in [-0.25, -0.2) is 0 Å². The fraction of sp³-hybridized carbons (Fsp3) is 0.154. The number of carbonyl (C=O) groups excluding carboxylic acids is 1. The van der Waals surface area contributed by atoms with Gasteiger partial charge in [-0.05, 0) is 23.4 Å². The molecule has 0 aliphatic heterocycles. The third kappa shape index (κ3) is 3.42. The van der Waals surface area contributed by atoms with Gasteiger partial charge in [-0.15, -0.1) is 10.2 Å². The summed E-state index contributed by atoms with van der Waals surface area (Å²) in [5.74, 6) is 0.147. The summed E-state index contributed by atoms with van der Waals surface area (Å²) in [5.41, 5.74) is 1.73. The maximum atomic E-state index is 11.3. The van der Waals surface area contributed by atoms with E-state index in [1.165, 1.54) is 18.0 Å². The fourth-order valence-electron chi connectivity index (χ4n) is 1.56. The number of amides is 1. The number of carbonyl (C=O) groups is 1. The van der Waals surface area contributed by atoms with Crippen LogP contribution in [0.1, 0.15) is 12.7 Å². The summed E-state index contributed by atoms with van der Waals surface area (Å²) >= 11 is 0. The van der Waals surface area contributed by atoms with Crippen molar-refractivity contribution in [1.82, 2.24) is 20.6 Å². The molecule has 1 amide bonds. The zero-order chi connectivity index (χ0) is 15.2. The van der Waals surface area contributed by atoms with Crippen LogP contribution >= 0.6 is 0 Å². The molecule has 0 fully saturated rings. The number of nitrogens with one attached hydrogen (secondary N) is 2. The Kier molecular flexibility index (Phi) is 4.26. The summed E-state index contributed by atoms with van der Waals surface area (Å²) in [6.45, 7) is 1.49. The average Bonchev–Trinajstić information content (AvgIpc) is 3.01. The molecule has 0 saturated heterocycles. The van der Waals surface area contributed by atoms with Gasteiger partial charge >= 0.3 is 0 Å². The molecule has 0 aliphatic carbocycles. The lowest BCUT2D eigenvalue weighted by Crippen LogP contribution is -2.22. The van der Waals surface area contributed by atoms with Crippen molar-refractivity contribution in [3.63, 3.8) is 0 Å². The second-order valence-corrected chi connectivity index (χ2v) is 4.18. The van der Waals surface area contributed by atoms with E-state index >= 15 is 0 Å². The van der Waals surface area contributed by atoms with Crippen molar-refractivity contribution in [1.29, 1.82) is 5.26 Å². The quantitative estimate of drug-likeness (QED) is 0.814. The van der Waals surface area contributed by atoms with Gasteiger partial charge in [-0.1, -0.05) is 6.07 Å². The van der Waals surface area contributed by atoms with Gasteiger partial charge in [0.25, 0.3) is 0 Å². The predicted octanol–water partition coefficient (Wildman–Crippen LogP) is 1.16. The largest absolute Gasteiger partial charge is 0.360 e. The average molecular weight is 283 g/mol. The van der Waals surface area contributed by atoms with Gasteiger partial charge in [0.1, 0.15) is 11.6 Å². The molecular weight excluding hydrogens is 270 g/mol. The first-order valence-electron chi connectivity index (χ1n) is 6.07. The van der Waals surface area contributed by atoms with E-state index in [4.69, 9.17) is 5.26 Å². The Bertz CT molecular complexity index is 700. The van der Waals surface area contributed by atoms with Gasteiger partial charge in [0, 0.05) is 31.5 Å². The standard InChI is InChI=1S/C13H13N7O/c1-9(21)20(2)12-5-3-4-11(6-12)15-8-10(7-14)13-16-18-19-17-13/h3-6,8,15H,1-2H3,(H,16,17,18,19). The number of hydrogen-bond donors (Lipinski definition) is 2. The van der Waals surface area contributed by atoms with E-state index in [0.717, 1.165) is 11.4 Å². The number of tetrazole rings is 1. The molecule has 2 N–H and O–H groups in total. The minimum Gasteiger partial charge on any atom is -0.360 e. The number of aromatic nitrogens is 4. The highest BCUT2D eigenvalue weighted by Gasteiger charge is 2.07. The molecule has 1 aromatic heterocycles. The molecule has 0 aliphatic rings. The molecule has 1 aromatic carbocycles. The molecule has 0 spiro atoms. The SMILES string of the molecule is CC(=O)N(C)c1cccc(NC=C(C#N)c2nn[nH]n2)c1. The van der Waals surface area contributed by atoms with Gasteiger partial charge < -0.3 is 10.2 Å². The third-order valence-electron chi connectivity index (χ3n) is 2.80. The minimum absolute atomic E-state index is 0.0628. The summed E-state index contributed by atoms with van der Waals surface area (Å²) in [5, 5.41) is 25.2. The monoisotopic (exact) mass is 283 g/mol. The van der Waals surface area contributed by atoms with Crippen LogP contribution in [0.2, 0.25) is 0 Å². The molecule has 0 saturated carbocycles. The normalized spacial score (nSPS) is 10.8. The van der Waals surface area contributed by atoms with Crippen molar-refractivity contribution in [2.24, 2.45) is 0 Å². The highest BCUT2D eigenvalue weighted by atomic mass is 16.2. The van der Waals surface area contributed by atoms with Crippen LogP contribution in [0, 0.1) is 11.3 Å². The number of nitrogens with zero attached hydrogens (tertiary/aromatic N) is 5. The highest BCUT2D eigenvalue weighted by molar-refractivity contribution is 5.91. The van der Waals surface area contributed by atoms with Gasteiger partial charge in [0.15, 0.2) is 0 Å². The number of anilines is 2. The molecule has 8 nitrogen and oxygen atoms in total. The first-order valence-corrected chi connectivity index (χ1v) is 6.07. The van der Waals surface area contributed by atoms with Crippen LogP contribution in [0.5, 0.6) is 0 Å². The minimum atomic E-state index is -0.0628. The molecule has 2 aromatic rings. The van der Waals surface area contributed by atoms with Crippen LogP contribution in [0.15, 0.2) is 30.5 Å². The van der Waals surface area contributed by atoms with Crippen LogP contribution in [-0.2, 0) is 4.79 Å². The van der Waals surface area contributed by atoms with Crippen molar-refractivity contribution in [2.75, 3.05) is 17.3 Å². The number of benzene rings is 1. The summed E-state index contributed by atoms with van der Waals surface area (Å²) in [4.78, 5) is 12.9. The topological polar surface area (TPSA) is 111 Å². The van der Waals surface area contributed by atoms with E-state index in [9.17, 15) is 4.79 Å². The lowest BCUT2D eigenvalue weighted by atomic mass is 10.2. The molecule has 1 heterocycles. The molecule has 0 atom stereocenters. The number of rotatable bonds is 4. The Balaban J connectivity index is 2.19. The zero-order valence-electron chi connectivity index (χ0n) is 11.5. The Morgan fingerprint density at radius 1 is 1.52 bits per heavy atom. The van der Waals surface area contributed by atoms with E-state index in [0.29, 0.717) is 0 Å². The van der Waals surface area contributed by atoms with Crippen LogP contribution < -0.4 is 10.2 Å². The first-order chi connectivity index (χ1) is 10.1. The van der Waals surface area contributed by atoms with Crippen molar-refractivity contribution in [2.45, 2.75) is 6.92 Å². The molecule has 0 bridgehead atoms. The number of nitriles is 1. The van der Waals surface area contributed by atoms with Crippen molar-refractivity contribution < 1.29 is 4.79 Å². The molecule has 8 heteroatoms. The number of allylic oxidation sites excluding steroid dienone is 1. The van der Waals surface area contributed by atoms with E-state index in [2.05, 4.69) is 25.9 Å². The van der Waals surface area contributed by atoms with Crippen molar-refractivity contribution in [3.05, 3.63) is 36.3 Å². The Labute approximate surface area is 121 Å². The Morgan fingerprint density at radius 3 is 2.95 bits per heavy atom. The van der Waals surface area contributed by atoms with Gasteiger partial charge in [-0.3, -0.25) is 4.79 Å². The Hall–Kier alpha value is -3.21. The smallest absolute Gasteiger partial charge is 0.223 e. The second-order valence-electron chi connectivity index (χ2n) is 4.18. The number of H-pyrrole nitrogens is 1. The van der Waals surface area contributed by atoms with E-state index in [1.807, 2.05) is 24.3 Å². The summed E-state index contributed by atoms with van der Waals surface area (Å²) in [6.07, 6.45) is 1.48. The van der Waals surface area contributed by atoms with E-state index < -0.39 is 0 Å². The van der Waals surface area contributed by atoms with Crippen LogP contribution in [0.25, 0.3) is 5.57 Å². The molecule has 21 heavy (non-hydrogen) atoms. The summed E-state index contributed by atoms with van der Waals surface area (Å²) < 4.78 is 0. The van der Waals surface area contributed by atoms with Crippen LogP contribution in [0.3, 0.4) is 0 Å². The highest BCUT2D eigenvalue weighted by Crippen LogP contribution is 2.19. The third-order valence-corrected chi connectivity index (χ3v) is 2.80. The predicted molar refractivity (Wildman–Crippen MR) is 76.9 cm³/mol. The molecule has 0 radical (unpaired) electrons. The van der Waals surface area contributed by atoms with E-state index in [-0.39, 0.29) is 17.3 Å². The Morgan fingerprint density at radius 2 is 2.33 bits per heavy atom. The summed E-state index contributed by atoms with van der Waals surface area (Å²) in [7, 11) is 1.69. The molecule has 2 rings (SSSR count). The lowest BCUT2D eigenvalue weighted by Gasteiger charge is -2.15. The number of aromatic amines is 1. The zero-order valence-corrected chi connectivity index (χ0v) is 11.5.